The van der Waals surface area contributed by atoms with E-state index in [1.54, 1.807) is 12.5 Å². The molecule has 5 rings (SSSR count). The van der Waals surface area contributed by atoms with E-state index in [2.05, 4.69) is 20.9 Å². The number of aromatic nitrogens is 1. The largest absolute Gasteiger partial charge is 0.467 e. The average Bonchev–Trinajstić information content (AvgIpc) is 3.49. The van der Waals surface area contributed by atoms with Gasteiger partial charge in [0.25, 0.3) is 0 Å². The second kappa shape index (κ2) is 7.42. The van der Waals surface area contributed by atoms with Gasteiger partial charge in [0, 0.05) is 12.7 Å². The van der Waals surface area contributed by atoms with Crippen molar-refractivity contribution in [2.24, 2.45) is 4.99 Å². The van der Waals surface area contributed by atoms with Gasteiger partial charge in [-0.3, -0.25) is 4.99 Å². The number of carbonyl (C=O) groups is 1. The van der Waals surface area contributed by atoms with E-state index in [4.69, 9.17) is 9.41 Å². The highest BCUT2D eigenvalue weighted by Crippen LogP contribution is 2.36. The minimum atomic E-state index is -0.402. The van der Waals surface area contributed by atoms with Crippen molar-refractivity contribution in [1.29, 1.82) is 0 Å². The molecule has 1 atom stereocenters. The maximum Gasteiger partial charge on any atom is 0.317 e. The first-order chi connectivity index (χ1) is 14.2. The van der Waals surface area contributed by atoms with Crippen molar-refractivity contribution >= 4 is 23.4 Å². The number of fused-ring (bicyclic) bond motifs is 1. The second-order valence-corrected chi connectivity index (χ2v) is 8.06. The SMILES string of the molecule is O=C(NCc1ccco1)N1CCC2(C1)Nc1cccnc1NC2=NC1CCCC1. The van der Waals surface area contributed by atoms with Gasteiger partial charge < -0.3 is 25.3 Å². The molecule has 0 radical (unpaired) electrons. The number of pyridine rings is 1. The lowest BCUT2D eigenvalue weighted by atomic mass is 9.93. The van der Waals surface area contributed by atoms with Gasteiger partial charge in [0.2, 0.25) is 0 Å². The van der Waals surface area contributed by atoms with Crippen molar-refractivity contribution in [3.63, 3.8) is 0 Å². The Kier molecular flexibility index (Phi) is 4.61. The molecule has 1 aliphatic carbocycles. The van der Waals surface area contributed by atoms with E-state index in [1.807, 2.05) is 29.2 Å². The Morgan fingerprint density at radius 1 is 1.34 bits per heavy atom. The zero-order valence-electron chi connectivity index (χ0n) is 16.4. The smallest absolute Gasteiger partial charge is 0.317 e. The van der Waals surface area contributed by atoms with Gasteiger partial charge in [-0.25, -0.2) is 9.78 Å². The second-order valence-electron chi connectivity index (χ2n) is 8.06. The minimum Gasteiger partial charge on any atom is -0.467 e. The van der Waals surface area contributed by atoms with Gasteiger partial charge in [0.05, 0.1) is 31.1 Å². The van der Waals surface area contributed by atoms with Gasteiger partial charge in [-0.2, -0.15) is 0 Å². The fraction of sp³-hybridized carbons (Fsp3) is 0.476. The lowest BCUT2D eigenvalue weighted by Gasteiger charge is -2.38. The molecule has 8 nitrogen and oxygen atoms in total. The van der Waals surface area contributed by atoms with Crippen LogP contribution in [0.1, 0.15) is 37.9 Å². The van der Waals surface area contributed by atoms with Crippen LogP contribution in [0, 0.1) is 0 Å². The average molecular weight is 394 g/mol. The quantitative estimate of drug-likeness (QED) is 0.743. The van der Waals surface area contributed by atoms with Crippen LogP contribution in [0.4, 0.5) is 16.3 Å². The molecule has 3 aliphatic rings. The van der Waals surface area contributed by atoms with E-state index in [-0.39, 0.29) is 6.03 Å². The Hall–Kier alpha value is -3.03. The topological polar surface area (TPSA) is 94.8 Å². The van der Waals surface area contributed by atoms with E-state index < -0.39 is 5.54 Å². The van der Waals surface area contributed by atoms with Crippen molar-refractivity contribution in [3.8, 4) is 0 Å². The molecule has 152 valence electrons. The minimum absolute atomic E-state index is 0.0859. The van der Waals surface area contributed by atoms with E-state index in [0.29, 0.717) is 25.7 Å². The number of urea groups is 1. The summed E-state index contributed by atoms with van der Waals surface area (Å²) < 4.78 is 5.31. The maximum absolute atomic E-state index is 12.7. The Bertz CT molecular complexity index is 906. The van der Waals surface area contributed by atoms with E-state index in [0.717, 1.165) is 42.4 Å². The van der Waals surface area contributed by atoms with Gasteiger partial charge in [-0.15, -0.1) is 0 Å². The van der Waals surface area contributed by atoms with Crippen LogP contribution in [-0.2, 0) is 6.54 Å². The van der Waals surface area contributed by atoms with Crippen LogP contribution in [0.15, 0.2) is 46.1 Å². The summed E-state index contributed by atoms with van der Waals surface area (Å²) in [5.41, 5.74) is 0.552. The van der Waals surface area contributed by atoms with Crippen molar-refractivity contribution < 1.29 is 9.21 Å². The Morgan fingerprint density at radius 2 is 2.24 bits per heavy atom. The van der Waals surface area contributed by atoms with Crippen molar-refractivity contribution in [2.75, 3.05) is 23.7 Å². The molecule has 0 bridgehead atoms. The van der Waals surface area contributed by atoms with Crippen LogP contribution < -0.4 is 16.0 Å². The first-order valence-corrected chi connectivity index (χ1v) is 10.4. The van der Waals surface area contributed by atoms with Gasteiger partial charge in [0.1, 0.15) is 17.1 Å². The number of furan rings is 1. The molecule has 1 unspecified atom stereocenters. The molecule has 0 aromatic carbocycles. The van der Waals surface area contributed by atoms with Crippen molar-refractivity contribution in [1.82, 2.24) is 15.2 Å². The third-order valence-electron chi connectivity index (χ3n) is 6.06. The molecular formula is C21H26N6O2. The Balaban J connectivity index is 1.35. The van der Waals surface area contributed by atoms with Gasteiger partial charge in [0.15, 0.2) is 5.82 Å². The van der Waals surface area contributed by atoms with Gasteiger partial charge in [-0.1, -0.05) is 12.8 Å². The molecule has 2 amide bonds. The molecular weight excluding hydrogens is 368 g/mol. The van der Waals surface area contributed by atoms with Crippen LogP contribution in [0.2, 0.25) is 0 Å². The molecule has 4 heterocycles. The lowest BCUT2D eigenvalue weighted by Crippen LogP contribution is -2.55. The third kappa shape index (κ3) is 3.54. The molecule has 8 heteroatoms. The summed E-state index contributed by atoms with van der Waals surface area (Å²) in [6.45, 7) is 1.61. The molecule has 29 heavy (non-hydrogen) atoms. The Morgan fingerprint density at radius 3 is 3.07 bits per heavy atom. The fourth-order valence-corrected chi connectivity index (χ4v) is 4.49. The first-order valence-electron chi connectivity index (χ1n) is 10.4. The molecule has 2 aromatic rings. The van der Waals surface area contributed by atoms with Crippen LogP contribution in [0.3, 0.4) is 0 Å². The van der Waals surface area contributed by atoms with Crippen molar-refractivity contribution in [2.45, 2.75) is 50.2 Å². The lowest BCUT2D eigenvalue weighted by molar-refractivity contribution is 0.206. The molecule has 2 aromatic heterocycles. The van der Waals surface area contributed by atoms with Gasteiger partial charge >= 0.3 is 6.03 Å². The van der Waals surface area contributed by atoms with Gasteiger partial charge in [-0.05, 0) is 43.5 Å². The highest BCUT2D eigenvalue weighted by Gasteiger charge is 2.47. The maximum atomic E-state index is 12.7. The van der Waals surface area contributed by atoms with E-state index in [1.165, 1.54) is 12.8 Å². The number of amides is 2. The van der Waals surface area contributed by atoms with Crippen molar-refractivity contribution in [3.05, 3.63) is 42.5 Å². The Labute approximate surface area is 169 Å². The predicted octanol–water partition coefficient (Wildman–Crippen LogP) is 3.21. The summed E-state index contributed by atoms with van der Waals surface area (Å²) in [5.74, 6) is 2.46. The van der Waals surface area contributed by atoms with Crippen LogP contribution in [0.5, 0.6) is 0 Å². The third-order valence-corrected chi connectivity index (χ3v) is 6.06. The van der Waals surface area contributed by atoms with Crippen LogP contribution in [-0.4, -0.2) is 46.4 Å². The van der Waals surface area contributed by atoms with E-state index >= 15 is 0 Å². The summed E-state index contributed by atoms with van der Waals surface area (Å²) in [4.78, 5) is 24.1. The zero-order chi connectivity index (χ0) is 19.7. The number of nitrogens with one attached hydrogen (secondary N) is 3. The summed E-state index contributed by atoms with van der Waals surface area (Å²) in [6.07, 6.45) is 8.92. The summed E-state index contributed by atoms with van der Waals surface area (Å²) in [5, 5.41) is 10.1. The summed E-state index contributed by atoms with van der Waals surface area (Å²) in [6, 6.07) is 7.88. The number of likely N-dealkylation sites (tertiary alicyclic amines) is 1. The van der Waals surface area contributed by atoms with Crippen LogP contribution >= 0.6 is 0 Å². The summed E-state index contributed by atoms with van der Waals surface area (Å²) >= 11 is 0. The number of anilines is 2. The number of carbonyl (C=O) groups excluding carboxylic acids is 1. The highest BCUT2D eigenvalue weighted by atomic mass is 16.3. The number of nitrogens with zero attached hydrogens (tertiary/aromatic N) is 3. The standard InChI is InChI=1S/C21H26N6O2/c28-20(23-13-16-7-4-12-29-16)27-11-9-21(14-27)19(24-15-5-1-2-6-15)25-18-17(26-21)8-3-10-22-18/h3-4,7-8,10,12,15,26H,1-2,5-6,9,11,13-14H2,(H,23,28)(H,22,24,25). The molecule has 1 spiro atoms. The highest BCUT2D eigenvalue weighted by molar-refractivity contribution is 6.09. The number of hydrogen-bond acceptors (Lipinski definition) is 5. The molecule has 1 saturated carbocycles. The zero-order valence-corrected chi connectivity index (χ0v) is 16.4. The molecule has 2 fully saturated rings. The monoisotopic (exact) mass is 394 g/mol. The molecule has 3 N–H and O–H groups in total. The fourth-order valence-electron chi connectivity index (χ4n) is 4.49. The van der Waals surface area contributed by atoms with E-state index in [9.17, 15) is 4.79 Å². The normalized spacial score (nSPS) is 25.1. The number of amidine groups is 1. The number of aliphatic imine (C=N–C) groups is 1. The molecule has 2 aliphatic heterocycles. The predicted molar refractivity (Wildman–Crippen MR) is 111 cm³/mol. The van der Waals surface area contributed by atoms with Crippen LogP contribution in [0.25, 0.3) is 0 Å². The number of hydrogen-bond donors (Lipinski definition) is 3. The summed E-state index contributed by atoms with van der Waals surface area (Å²) in [7, 11) is 0. The first kappa shape index (κ1) is 18.0. The number of rotatable bonds is 3. The molecule has 1 saturated heterocycles.